The van der Waals surface area contributed by atoms with Gasteiger partial charge in [0.25, 0.3) is 5.91 Å². The Bertz CT molecular complexity index is 543. The second kappa shape index (κ2) is 6.67. The van der Waals surface area contributed by atoms with Gasteiger partial charge in [-0.1, -0.05) is 0 Å². The van der Waals surface area contributed by atoms with Crippen LogP contribution in [-0.2, 0) is 15.8 Å². The van der Waals surface area contributed by atoms with E-state index in [1.54, 1.807) is 0 Å². The summed E-state index contributed by atoms with van der Waals surface area (Å²) in [7, 11) is 0. The fraction of sp³-hybridized carbons (Fsp3) is 0.429. The summed E-state index contributed by atoms with van der Waals surface area (Å²) in [5.41, 5.74) is -0.775. The van der Waals surface area contributed by atoms with E-state index in [1.807, 2.05) is 0 Å². The maximum Gasteiger partial charge on any atom is 0.416 e. The van der Waals surface area contributed by atoms with Crippen LogP contribution in [-0.4, -0.2) is 43.0 Å². The molecule has 0 spiro atoms. The molecule has 1 saturated heterocycles. The van der Waals surface area contributed by atoms with Crippen molar-refractivity contribution in [3.8, 4) is 5.75 Å². The molecule has 1 aromatic carbocycles. The van der Waals surface area contributed by atoms with E-state index in [9.17, 15) is 22.8 Å². The predicted molar refractivity (Wildman–Crippen MR) is 71.1 cm³/mol. The monoisotopic (exact) mass is 316 g/mol. The third-order valence-electron chi connectivity index (χ3n) is 3.21. The molecule has 8 heteroatoms. The summed E-state index contributed by atoms with van der Waals surface area (Å²) < 4.78 is 42.4. The molecule has 1 aliphatic heterocycles. The van der Waals surface area contributed by atoms with E-state index >= 15 is 0 Å². The topological polar surface area (TPSA) is 58.6 Å². The number of hydrogen-bond donors (Lipinski definition) is 1. The second-order valence-corrected chi connectivity index (χ2v) is 4.79. The maximum absolute atomic E-state index is 12.4. The average Bonchev–Trinajstić information content (AvgIpc) is 2.69. The quantitative estimate of drug-likeness (QED) is 0.918. The Kier molecular flexibility index (Phi) is 4.89. The number of benzene rings is 1. The minimum atomic E-state index is -4.40. The van der Waals surface area contributed by atoms with Crippen LogP contribution < -0.4 is 10.1 Å². The molecule has 1 heterocycles. The zero-order valence-electron chi connectivity index (χ0n) is 11.7. The average molecular weight is 316 g/mol. The molecule has 2 amide bonds. The Hall–Kier alpha value is -2.25. The number of carbonyl (C=O) groups is 2. The Balaban J connectivity index is 1.87. The molecule has 0 aromatic heterocycles. The Morgan fingerprint density at radius 3 is 2.55 bits per heavy atom. The largest absolute Gasteiger partial charge is 0.484 e. The molecule has 22 heavy (non-hydrogen) atoms. The summed E-state index contributed by atoms with van der Waals surface area (Å²) in [6, 6.07) is 4.13. The van der Waals surface area contributed by atoms with Gasteiger partial charge in [0.2, 0.25) is 5.91 Å². The summed E-state index contributed by atoms with van der Waals surface area (Å²) >= 11 is 0. The van der Waals surface area contributed by atoms with Gasteiger partial charge in [0.15, 0.2) is 6.61 Å². The molecule has 0 atom stereocenters. The number of nitrogens with one attached hydrogen (secondary N) is 1. The van der Waals surface area contributed by atoms with E-state index in [0.717, 1.165) is 12.1 Å². The van der Waals surface area contributed by atoms with Crippen molar-refractivity contribution >= 4 is 11.8 Å². The van der Waals surface area contributed by atoms with Gasteiger partial charge in [-0.15, -0.1) is 0 Å². The lowest BCUT2D eigenvalue weighted by atomic mass is 10.2. The number of nitrogens with zero attached hydrogens (tertiary/aromatic N) is 1. The van der Waals surface area contributed by atoms with Gasteiger partial charge < -0.3 is 15.0 Å². The van der Waals surface area contributed by atoms with Gasteiger partial charge in [0.1, 0.15) is 5.75 Å². The van der Waals surface area contributed by atoms with E-state index in [4.69, 9.17) is 4.74 Å². The van der Waals surface area contributed by atoms with Crippen LogP contribution in [0.2, 0.25) is 0 Å². The molecule has 120 valence electrons. The van der Waals surface area contributed by atoms with Crippen molar-refractivity contribution in [2.75, 3.05) is 26.2 Å². The number of hydrogen-bond acceptors (Lipinski definition) is 3. The summed E-state index contributed by atoms with van der Waals surface area (Å²) in [4.78, 5) is 24.6. The minimum absolute atomic E-state index is 0.112. The van der Waals surface area contributed by atoms with E-state index in [0.29, 0.717) is 19.6 Å². The SMILES string of the molecule is O=C1CCN(C(=O)COc2ccc(C(F)(F)F)cc2)CCN1. The lowest BCUT2D eigenvalue weighted by molar-refractivity contribution is -0.138. The first kappa shape index (κ1) is 16.1. The van der Waals surface area contributed by atoms with Gasteiger partial charge in [-0.05, 0) is 24.3 Å². The van der Waals surface area contributed by atoms with Crippen LogP contribution in [0.25, 0.3) is 0 Å². The van der Waals surface area contributed by atoms with Gasteiger partial charge in [0, 0.05) is 26.1 Å². The highest BCUT2D eigenvalue weighted by Gasteiger charge is 2.30. The van der Waals surface area contributed by atoms with E-state index in [-0.39, 0.29) is 30.6 Å². The van der Waals surface area contributed by atoms with Crippen molar-refractivity contribution in [3.05, 3.63) is 29.8 Å². The second-order valence-electron chi connectivity index (χ2n) is 4.79. The van der Waals surface area contributed by atoms with E-state index in [1.165, 1.54) is 17.0 Å². The molecule has 2 rings (SSSR count). The van der Waals surface area contributed by atoms with Crippen molar-refractivity contribution in [2.24, 2.45) is 0 Å². The Morgan fingerprint density at radius 2 is 1.91 bits per heavy atom. The number of ether oxygens (including phenoxy) is 1. The molecule has 0 bridgehead atoms. The van der Waals surface area contributed by atoms with Crippen molar-refractivity contribution in [1.29, 1.82) is 0 Å². The lowest BCUT2D eigenvalue weighted by Crippen LogP contribution is -2.37. The molecule has 1 fully saturated rings. The van der Waals surface area contributed by atoms with Crippen LogP contribution in [0, 0.1) is 0 Å². The number of halogens is 3. The predicted octanol–water partition coefficient (Wildman–Crippen LogP) is 1.43. The molecule has 0 radical (unpaired) electrons. The molecule has 0 unspecified atom stereocenters. The highest BCUT2D eigenvalue weighted by Crippen LogP contribution is 2.30. The van der Waals surface area contributed by atoms with Crippen molar-refractivity contribution in [2.45, 2.75) is 12.6 Å². The number of rotatable bonds is 3. The van der Waals surface area contributed by atoms with Gasteiger partial charge in [0.05, 0.1) is 5.56 Å². The summed E-state index contributed by atoms with van der Waals surface area (Å²) in [6.07, 6.45) is -4.17. The van der Waals surface area contributed by atoms with Gasteiger partial charge in [-0.25, -0.2) is 0 Å². The first-order valence-corrected chi connectivity index (χ1v) is 6.71. The van der Waals surface area contributed by atoms with Crippen molar-refractivity contribution < 1.29 is 27.5 Å². The fourth-order valence-electron chi connectivity index (χ4n) is 1.99. The number of alkyl halides is 3. The van der Waals surface area contributed by atoms with Crippen LogP contribution in [0.15, 0.2) is 24.3 Å². The third kappa shape index (κ3) is 4.37. The van der Waals surface area contributed by atoms with Gasteiger partial charge in [-0.2, -0.15) is 13.2 Å². The van der Waals surface area contributed by atoms with Crippen LogP contribution >= 0.6 is 0 Å². The highest BCUT2D eigenvalue weighted by molar-refractivity contribution is 5.80. The van der Waals surface area contributed by atoms with Crippen LogP contribution in [0.1, 0.15) is 12.0 Å². The fourth-order valence-corrected chi connectivity index (χ4v) is 1.99. The van der Waals surface area contributed by atoms with Crippen molar-refractivity contribution in [3.63, 3.8) is 0 Å². The lowest BCUT2D eigenvalue weighted by Gasteiger charge is -2.19. The summed E-state index contributed by atoms with van der Waals surface area (Å²) in [6.45, 7) is 0.798. The third-order valence-corrected chi connectivity index (χ3v) is 3.21. The standard InChI is InChI=1S/C14H15F3N2O3/c15-14(16,17)10-1-3-11(4-2-10)22-9-13(21)19-7-5-12(20)18-6-8-19/h1-4H,5-9H2,(H,18,20). The normalized spacial score (nSPS) is 16.0. The van der Waals surface area contributed by atoms with Crippen LogP contribution in [0.5, 0.6) is 5.75 Å². The molecule has 0 saturated carbocycles. The number of amides is 2. The summed E-state index contributed by atoms with van der Waals surface area (Å²) in [5.74, 6) is -0.235. The molecule has 1 aromatic rings. The minimum Gasteiger partial charge on any atom is -0.484 e. The van der Waals surface area contributed by atoms with Crippen molar-refractivity contribution in [1.82, 2.24) is 10.2 Å². The van der Waals surface area contributed by atoms with Gasteiger partial charge in [-0.3, -0.25) is 9.59 Å². The van der Waals surface area contributed by atoms with Gasteiger partial charge >= 0.3 is 6.18 Å². The smallest absolute Gasteiger partial charge is 0.416 e. The van der Waals surface area contributed by atoms with Crippen LogP contribution in [0.4, 0.5) is 13.2 Å². The molecule has 5 nitrogen and oxygen atoms in total. The molecule has 1 N–H and O–H groups in total. The number of carbonyl (C=O) groups excluding carboxylic acids is 2. The highest BCUT2D eigenvalue weighted by atomic mass is 19.4. The molecular formula is C14H15F3N2O3. The summed E-state index contributed by atoms with van der Waals surface area (Å²) in [5, 5.41) is 2.64. The first-order chi connectivity index (χ1) is 10.4. The molecule has 1 aliphatic rings. The maximum atomic E-state index is 12.4. The Labute approximate surface area is 125 Å². The molecule has 0 aliphatic carbocycles. The first-order valence-electron chi connectivity index (χ1n) is 6.71. The Morgan fingerprint density at radius 1 is 1.23 bits per heavy atom. The van der Waals surface area contributed by atoms with Crippen LogP contribution in [0.3, 0.4) is 0 Å². The van der Waals surface area contributed by atoms with E-state index < -0.39 is 11.7 Å². The van der Waals surface area contributed by atoms with E-state index in [2.05, 4.69) is 5.32 Å². The zero-order valence-corrected chi connectivity index (χ0v) is 11.7. The molecular weight excluding hydrogens is 301 g/mol. The zero-order chi connectivity index (χ0) is 16.2.